The van der Waals surface area contributed by atoms with E-state index in [1.807, 2.05) is 13.0 Å². The van der Waals surface area contributed by atoms with Crippen molar-refractivity contribution in [2.24, 2.45) is 17.3 Å². The second kappa shape index (κ2) is 8.21. The molecule has 2 aliphatic rings. The second-order valence-electron chi connectivity index (χ2n) is 8.47. The van der Waals surface area contributed by atoms with Crippen LogP contribution in [0.15, 0.2) is 23.8 Å². The molecular formula is C20H27F6O2Si. The van der Waals surface area contributed by atoms with Gasteiger partial charge in [0.1, 0.15) is 5.78 Å². The van der Waals surface area contributed by atoms with Crippen molar-refractivity contribution in [2.45, 2.75) is 77.0 Å². The van der Waals surface area contributed by atoms with E-state index in [0.717, 1.165) is 24.5 Å². The Hall–Kier alpha value is -1.09. The fraction of sp³-hybridized carbons (Fsp3) is 0.750. The van der Waals surface area contributed by atoms with Gasteiger partial charge in [0.2, 0.25) is 9.04 Å². The van der Waals surface area contributed by atoms with E-state index in [2.05, 4.69) is 4.43 Å². The maximum atomic E-state index is 13.5. The highest BCUT2D eigenvalue weighted by Crippen LogP contribution is 2.54. The first-order valence-electron chi connectivity index (χ1n) is 9.69. The third-order valence-corrected chi connectivity index (χ3v) is 6.82. The molecule has 1 radical (unpaired) electrons. The molecular weight excluding hydrogens is 414 g/mol. The van der Waals surface area contributed by atoms with Crippen LogP contribution in [0.5, 0.6) is 0 Å². The summed E-state index contributed by atoms with van der Waals surface area (Å²) in [5, 5.41) is 0. The molecule has 29 heavy (non-hydrogen) atoms. The topological polar surface area (TPSA) is 26.3 Å². The number of halogens is 6. The molecule has 0 spiro atoms. The average molecular weight is 442 g/mol. The minimum absolute atomic E-state index is 0.00903. The zero-order chi connectivity index (χ0) is 22.3. The lowest BCUT2D eigenvalue weighted by Gasteiger charge is -2.40. The molecule has 9 heteroatoms. The van der Waals surface area contributed by atoms with Crippen LogP contribution in [0.2, 0.25) is 13.1 Å². The number of ketones is 1. The van der Waals surface area contributed by atoms with Crippen molar-refractivity contribution < 1.29 is 35.6 Å². The van der Waals surface area contributed by atoms with Crippen LogP contribution in [-0.2, 0) is 9.22 Å². The summed E-state index contributed by atoms with van der Waals surface area (Å²) in [6, 6.07) is 0. The van der Waals surface area contributed by atoms with Gasteiger partial charge in [-0.15, -0.1) is 0 Å². The van der Waals surface area contributed by atoms with E-state index in [1.165, 1.54) is 13.1 Å². The molecule has 0 heterocycles. The van der Waals surface area contributed by atoms with E-state index < -0.39 is 27.0 Å². The minimum atomic E-state index is -5.62. The van der Waals surface area contributed by atoms with Crippen LogP contribution in [0.4, 0.5) is 26.3 Å². The zero-order valence-corrected chi connectivity index (χ0v) is 18.0. The van der Waals surface area contributed by atoms with Crippen molar-refractivity contribution in [3.8, 4) is 0 Å². The first-order chi connectivity index (χ1) is 13.2. The third kappa shape index (κ3) is 4.50. The summed E-state index contributed by atoms with van der Waals surface area (Å²) >= 11 is 0. The fourth-order valence-corrected chi connectivity index (χ4v) is 5.64. The lowest BCUT2D eigenvalue weighted by Crippen LogP contribution is -2.59. The number of hydrogen-bond donors (Lipinski definition) is 0. The molecule has 1 saturated carbocycles. The van der Waals surface area contributed by atoms with Crippen LogP contribution in [0.3, 0.4) is 0 Å². The van der Waals surface area contributed by atoms with Crippen molar-refractivity contribution in [2.75, 3.05) is 0 Å². The largest absolute Gasteiger partial charge is 0.429 e. The lowest BCUT2D eigenvalue weighted by atomic mass is 9.63. The van der Waals surface area contributed by atoms with Crippen LogP contribution in [0.25, 0.3) is 0 Å². The van der Waals surface area contributed by atoms with Crippen LogP contribution in [0.1, 0.15) is 46.0 Å². The van der Waals surface area contributed by atoms with Gasteiger partial charge in [-0.05, 0) is 56.2 Å². The predicted molar refractivity (Wildman–Crippen MR) is 99.5 cm³/mol. The SMILES string of the molecule is C[C@H](C/C=C/C(O[Si](C)C)(C(F)(F)F)C(F)(F)F)C1=CCC2C(=O)CCC[C@]12C. The third-order valence-electron chi connectivity index (χ3n) is 6.09. The second-order valence-corrected chi connectivity index (χ2v) is 10.5. The molecule has 165 valence electrons. The first kappa shape index (κ1) is 24.2. The molecule has 2 aliphatic carbocycles. The van der Waals surface area contributed by atoms with Gasteiger partial charge in [-0.25, -0.2) is 0 Å². The number of carbonyl (C=O) groups excluding carboxylic acids is 1. The fourth-order valence-electron chi connectivity index (χ4n) is 4.70. The van der Waals surface area contributed by atoms with Crippen LogP contribution >= 0.6 is 0 Å². The maximum absolute atomic E-state index is 13.5. The summed E-state index contributed by atoms with van der Waals surface area (Å²) in [5.74, 6) is -0.204. The van der Waals surface area contributed by atoms with E-state index in [-0.39, 0.29) is 35.5 Å². The molecule has 0 aromatic carbocycles. The quantitative estimate of drug-likeness (QED) is 0.271. The lowest BCUT2D eigenvalue weighted by molar-refractivity contribution is -0.339. The molecule has 2 rings (SSSR count). The van der Waals surface area contributed by atoms with Crippen LogP contribution < -0.4 is 0 Å². The highest BCUT2D eigenvalue weighted by molar-refractivity contribution is 6.48. The highest BCUT2D eigenvalue weighted by atomic mass is 28.3. The van der Waals surface area contributed by atoms with Crippen molar-refractivity contribution >= 4 is 14.8 Å². The van der Waals surface area contributed by atoms with Gasteiger partial charge in [0.15, 0.2) is 0 Å². The van der Waals surface area contributed by atoms with Gasteiger partial charge in [0.05, 0.1) is 0 Å². The predicted octanol–water partition coefficient (Wildman–Crippen LogP) is 6.41. The Labute approximate surface area is 169 Å². The van der Waals surface area contributed by atoms with Crippen LogP contribution in [0, 0.1) is 17.3 Å². The Bertz CT molecular complexity index is 665. The summed E-state index contributed by atoms with van der Waals surface area (Å²) < 4.78 is 85.2. The molecule has 0 N–H and O–H groups in total. The van der Waals surface area contributed by atoms with Gasteiger partial charge in [-0.1, -0.05) is 31.6 Å². The van der Waals surface area contributed by atoms with Gasteiger partial charge in [0, 0.05) is 12.3 Å². The molecule has 3 atom stereocenters. The van der Waals surface area contributed by atoms with Gasteiger partial charge in [0.25, 0.3) is 5.60 Å². The van der Waals surface area contributed by atoms with E-state index in [0.29, 0.717) is 12.8 Å². The Morgan fingerprint density at radius 3 is 2.34 bits per heavy atom. The Balaban J connectivity index is 2.24. The summed E-state index contributed by atoms with van der Waals surface area (Å²) in [7, 11) is -2.29. The van der Waals surface area contributed by atoms with Gasteiger partial charge in [-0.3, -0.25) is 4.79 Å². The molecule has 0 aliphatic heterocycles. The number of alkyl halides is 6. The van der Waals surface area contributed by atoms with Crippen molar-refractivity contribution in [3.63, 3.8) is 0 Å². The number of hydrogen-bond acceptors (Lipinski definition) is 2. The summed E-state index contributed by atoms with van der Waals surface area (Å²) in [6.07, 6.45) is -5.54. The first-order valence-corrected chi connectivity index (χ1v) is 12.1. The van der Waals surface area contributed by atoms with E-state index >= 15 is 0 Å². The number of allylic oxidation sites excluding steroid dienone is 3. The standard InChI is InChI=1S/C20H27F6O2Si/c1-13(14-9-10-15-16(27)8-6-11-17(14,15)2)7-5-12-18(19(21,22)23,20(24,25)26)28-29(3)4/h5,9,12-13,15H,6-8,10-11H2,1-4H3/b12-5+/t13-,15?,17-/m1/s1. The highest BCUT2D eigenvalue weighted by Gasteiger charge is 2.71. The normalized spacial score (nSPS) is 27.5. The van der Waals surface area contributed by atoms with E-state index in [4.69, 9.17) is 0 Å². The number of carbonyl (C=O) groups is 1. The van der Waals surface area contributed by atoms with Gasteiger partial charge in [-0.2, -0.15) is 26.3 Å². The number of fused-ring (bicyclic) bond motifs is 1. The smallest absolute Gasteiger partial charge is 0.394 e. The van der Waals surface area contributed by atoms with Crippen molar-refractivity contribution in [1.82, 2.24) is 0 Å². The molecule has 0 aromatic heterocycles. The van der Waals surface area contributed by atoms with Gasteiger partial charge < -0.3 is 4.43 Å². The van der Waals surface area contributed by atoms with Crippen molar-refractivity contribution in [1.29, 1.82) is 0 Å². The summed E-state index contributed by atoms with van der Waals surface area (Å²) in [4.78, 5) is 12.2. The Morgan fingerprint density at radius 2 is 1.83 bits per heavy atom. The van der Waals surface area contributed by atoms with Gasteiger partial charge >= 0.3 is 12.4 Å². The molecule has 0 saturated heterocycles. The van der Waals surface area contributed by atoms with Crippen LogP contribution in [-0.4, -0.2) is 32.8 Å². The summed E-state index contributed by atoms with van der Waals surface area (Å²) in [6.45, 7) is 6.23. The Morgan fingerprint density at radius 1 is 1.24 bits per heavy atom. The number of rotatable bonds is 6. The molecule has 0 amide bonds. The summed E-state index contributed by atoms with van der Waals surface area (Å²) in [5.41, 5.74) is -3.69. The van der Waals surface area contributed by atoms with E-state index in [1.54, 1.807) is 6.92 Å². The molecule has 0 bridgehead atoms. The molecule has 0 aromatic rings. The average Bonchev–Trinajstić information content (AvgIpc) is 2.89. The maximum Gasteiger partial charge on any atom is 0.429 e. The Kier molecular flexibility index (Phi) is 6.84. The minimum Gasteiger partial charge on any atom is -0.394 e. The zero-order valence-electron chi connectivity index (χ0n) is 17.0. The molecule has 1 fully saturated rings. The number of Topliss-reactive ketones (excluding diaryl/α,β-unsaturated/α-hetero) is 1. The van der Waals surface area contributed by atoms with Crippen molar-refractivity contribution in [3.05, 3.63) is 23.8 Å². The molecule has 1 unspecified atom stereocenters. The molecule has 2 nitrogen and oxygen atoms in total. The monoisotopic (exact) mass is 441 g/mol. The van der Waals surface area contributed by atoms with E-state index in [9.17, 15) is 31.1 Å².